The van der Waals surface area contributed by atoms with Crippen molar-refractivity contribution < 1.29 is 9.21 Å². The second-order valence-corrected chi connectivity index (χ2v) is 4.80. The van der Waals surface area contributed by atoms with Crippen LogP contribution in [0.1, 0.15) is 16.1 Å². The van der Waals surface area contributed by atoms with E-state index >= 15 is 0 Å². The zero-order valence-electron chi connectivity index (χ0n) is 8.96. The number of furan rings is 1. The van der Waals surface area contributed by atoms with E-state index < -0.39 is 0 Å². The summed E-state index contributed by atoms with van der Waals surface area (Å²) in [7, 11) is 0. The van der Waals surface area contributed by atoms with Gasteiger partial charge >= 0.3 is 0 Å². The van der Waals surface area contributed by atoms with E-state index in [9.17, 15) is 4.79 Å². The monoisotopic (exact) mass is 313 g/mol. The minimum absolute atomic E-state index is 0.296. The minimum Gasteiger partial charge on any atom is -0.459 e. The molecule has 1 amide bonds. The van der Waals surface area contributed by atoms with Gasteiger partial charge in [-0.25, -0.2) is 0 Å². The Balaban J connectivity index is 2.24. The van der Waals surface area contributed by atoms with Gasteiger partial charge in [0.25, 0.3) is 5.91 Å². The Morgan fingerprint density at radius 2 is 2.18 bits per heavy atom. The fraction of sp³-hybridized carbons (Fsp3) is 0.0833. The number of halogens is 2. The standard InChI is InChI=1S/C12H9BrClNO2/c1-7-4-5-17-11(7)12(16)15-10-6-8(14)2-3-9(10)13/h2-6H,1H3,(H,15,16). The van der Waals surface area contributed by atoms with E-state index in [2.05, 4.69) is 21.2 Å². The minimum atomic E-state index is -0.296. The highest BCUT2D eigenvalue weighted by Gasteiger charge is 2.14. The smallest absolute Gasteiger partial charge is 0.291 e. The normalized spacial score (nSPS) is 10.3. The van der Waals surface area contributed by atoms with Crippen LogP contribution in [0.15, 0.2) is 39.4 Å². The molecule has 0 saturated carbocycles. The molecule has 1 aromatic heterocycles. The molecule has 17 heavy (non-hydrogen) atoms. The van der Waals surface area contributed by atoms with Crippen LogP contribution in [0.3, 0.4) is 0 Å². The quantitative estimate of drug-likeness (QED) is 0.900. The average Bonchev–Trinajstić information content (AvgIpc) is 2.70. The molecule has 5 heteroatoms. The molecule has 0 spiro atoms. The third-order valence-electron chi connectivity index (χ3n) is 2.24. The molecule has 0 aliphatic heterocycles. The molecule has 0 aliphatic rings. The van der Waals surface area contributed by atoms with Gasteiger partial charge in [0.1, 0.15) is 0 Å². The number of anilines is 1. The number of hydrogen-bond acceptors (Lipinski definition) is 2. The van der Waals surface area contributed by atoms with Gasteiger partial charge in [-0.05, 0) is 47.1 Å². The summed E-state index contributed by atoms with van der Waals surface area (Å²) in [4.78, 5) is 11.9. The van der Waals surface area contributed by atoms with Crippen LogP contribution in [0.4, 0.5) is 5.69 Å². The third kappa shape index (κ3) is 2.70. The van der Waals surface area contributed by atoms with Crippen LogP contribution < -0.4 is 5.32 Å². The molecule has 0 saturated heterocycles. The molecule has 0 fully saturated rings. The summed E-state index contributed by atoms with van der Waals surface area (Å²) in [6.45, 7) is 1.81. The molecule has 1 aromatic carbocycles. The number of nitrogens with one attached hydrogen (secondary N) is 1. The lowest BCUT2D eigenvalue weighted by Crippen LogP contribution is -2.12. The van der Waals surface area contributed by atoms with Crippen molar-refractivity contribution in [2.75, 3.05) is 5.32 Å². The van der Waals surface area contributed by atoms with E-state index in [1.54, 1.807) is 24.3 Å². The summed E-state index contributed by atoms with van der Waals surface area (Å²) in [5.74, 6) is 0.00680. The van der Waals surface area contributed by atoms with Crippen molar-refractivity contribution in [2.24, 2.45) is 0 Å². The van der Waals surface area contributed by atoms with Crippen LogP contribution in [-0.2, 0) is 0 Å². The number of rotatable bonds is 2. The largest absolute Gasteiger partial charge is 0.459 e. The lowest BCUT2D eigenvalue weighted by molar-refractivity contribution is 0.0996. The second kappa shape index (κ2) is 4.94. The van der Waals surface area contributed by atoms with Gasteiger partial charge in [-0.2, -0.15) is 0 Å². The van der Waals surface area contributed by atoms with E-state index in [4.69, 9.17) is 16.0 Å². The molecule has 0 aliphatic carbocycles. The van der Waals surface area contributed by atoms with Crippen LogP contribution in [0.25, 0.3) is 0 Å². The number of amides is 1. The van der Waals surface area contributed by atoms with Crippen LogP contribution in [0.2, 0.25) is 5.02 Å². The van der Waals surface area contributed by atoms with Gasteiger partial charge < -0.3 is 9.73 Å². The first-order chi connectivity index (χ1) is 8.08. The third-order valence-corrected chi connectivity index (χ3v) is 3.17. The first-order valence-corrected chi connectivity index (χ1v) is 6.05. The summed E-state index contributed by atoms with van der Waals surface area (Å²) in [5.41, 5.74) is 1.40. The van der Waals surface area contributed by atoms with Gasteiger partial charge in [-0.1, -0.05) is 11.6 Å². The highest BCUT2D eigenvalue weighted by atomic mass is 79.9. The van der Waals surface area contributed by atoms with Gasteiger partial charge in [0.2, 0.25) is 0 Å². The summed E-state index contributed by atoms with van der Waals surface area (Å²) in [6, 6.07) is 6.91. The highest BCUT2D eigenvalue weighted by Crippen LogP contribution is 2.26. The number of hydrogen-bond donors (Lipinski definition) is 1. The van der Waals surface area contributed by atoms with Crippen LogP contribution in [-0.4, -0.2) is 5.91 Å². The van der Waals surface area contributed by atoms with Crippen molar-refractivity contribution >= 4 is 39.1 Å². The Morgan fingerprint density at radius 3 is 2.82 bits per heavy atom. The fourth-order valence-electron chi connectivity index (χ4n) is 1.38. The molecule has 3 nitrogen and oxygen atoms in total. The summed E-state index contributed by atoms with van der Waals surface area (Å²) in [5, 5.41) is 3.29. The molecular weight excluding hydrogens is 305 g/mol. The number of aryl methyl sites for hydroxylation is 1. The highest BCUT2D eigenvalue weighted by molar-refractivity contribution is 9.10. The molecule has 2 aromatic rings. The zero-order chi connectivity index (χ0) is 12.4. The Kier molecular flexibility index (Phi) is 3.54. The van der Waals surface area contributed by atoms with E-state index in [0.29, 0.717) is 16.5 Å². The molecule has 2 rings (SSSR count). The molecule has 0 radical (unpaired) electrons. The summed E-state index contributed by atoms with van der Waals surface area (Å²) in [6.07, 6.45) is 1.48. The number of carbonyl (C=O) groups excluding carboxylic acids is 1. The van der Waals surface area contributed by atoms with Crippen molar-refractivity contribution in [3.63, 3.8) is 0 Å². The van der Waals surface area contributed by atoms with Gasteiger partial charge in [0.15, 0.2) is 5.76 Å². The average molecular weight is 315 g/mol. The predicted molar refractivity (Wildman–Crippen MR) is 70.6 cm³/mol. The molecule has 0 atom stereocenters. The Labute approximate surface area is 112 Å². The predicted octanol–water partition coefficient (Wildman–Crippen LogP) is 4.26. The van der Waals surface area contributed by atoms with Crippen molar-refractivity contribution in [3.8, 4) is 0 Å². The lowest BCUT2D eigenvalue weighted by Gasteiger charge is -2.06. The van der Waals surface area contributed by atoms with Crippen molar-refractivity contribution in [1.29, 1.82) is 0 Å². The van der Waals surface area contributed by atoms with Gasteiger partial charge in [-0.3, -0.25) is 4.79 Å². The van der Waals surface area contributed by atoms with E-state index in [0.717, 1.165) is 10.0 Å². The van der Waals surface area contributed by atoms with Crippen molar-refractivity contribution in [1.82, 2.24) is 0 Å². The van der Waals surface area contributed by atoms with E-state index in [-0.39, 0.29) is 5.91 Å². The lowest BCUT2D eigenvalue weighted by atomic mass is 10.2. The van der Waals surface area contributed by atoms with Gasteiger partial charge in [-0.15, -0.1) is 0 Å². The Hall–Kier alpha value is -1.26. The van der Waals surface area contributed by atoms with Crippen molar-refractivity contribution in [3.05, 3.63) is 51.3 Å². The maximum Gasteiger partial charge on any atom is 0.291 e. The topological polar surface area (TPSA) is 42.2 Å². The molecular formula is C12H9BrClNO2. The molecule has 1 N–H and O–H groups in total. The van der Waals surface area contributed by atoms with E-state index in [1.807, 2.05) is 6.92 Å². The molecule has 88 valence electrons. The van der Waals surface area contributed by atoms with E-state index in [1.165, 1.54) is 6.26 Å². The van der Waals surface area contributed by atoms with Crippen LogP contribution in [0.5, 0.6) is 0 Å². The zero-order valence-corrected chi connectivity index (χ0v) is 11.3. The van der Waals surface area contributed by atoms with Gasteiger partial charge in [0.05, 0.1) is 12.0 Å². The summed E-state index contributed by atoms with van der Waals surface area (Å²) >= 11 is 9.20. The van der Waals surface area contributed by atoms with Crippen LogP contribution >= 0.6 is 27.5 Å². The molecule has 1 heterocycles. The Bertz CT molecular complexity index is 565. The molecule has 0 bridgehead atoms. The fourth-order valence-corrected chi connectivity index (χ4v) is 1.90. The first-order valence-electron chi connectivity index (χ1n) is 4.88. The first kappa shape index (κ1) is 12.2. The maximum atomic E-state index is 11.9. The number of carbonyl (C=O) groups is 1. The van der Waals surface area contributed by atoms with Gasteiger partial charge in [0, 0.05) is 15.1 Å². The molecule has 0 unspecified atom stereocenters. The SMILES string of the molecule is Cc1ccoc1C(=O)Nc1cc(Cl)ccc1Br. The second-order valence-electron chi connectivity index (χ2n) is 3.51. The number of benzene rings is 1. The Morgan fingerprint density at radius 1 is 1.41 bits per heavy atom. The van der Waals surface area contributed by atoms with Crippen LogP contribution in [0, 0.1) is 6.92 Å². The summed E-state index contributed by atoms with van der Waals surface area (Å²) < 4.78 is 5.87. The maximum absolute atomic E-state index is 11.9. The van der Waals surface area contributed by atoms with Crippen molar-refractivity contribution in [2.45, 2.75) is 6.92 Å².